The molecular weight excluding hydrogens is 480 g/mol. The third-order valence-corrected chi connectivity index (χ3v) is 6.27. The second kappa shape index (κ2) is 23.8. The van der Waals surface area contributed by atoms with E-state index in [-0.39, 0.29) is 30.5 Å². The Morgan fingerprint density at radius 2 is 0.970 bits per heavy atom. The number of carbonyl (C=O) groups excluding carboxylic acids is 3. The van der Waals surface area contributed by atoms with Crippen LogP contribution in [-0.2, 0) is 28.6 Å². The van der Waals surface area contributed by atoms with Gasteiger partial charge in [-0.15, -0.1) is 35.3 Å². The lowest BCUT2D eigenvalue weighted by atomic mass is 10.4. The molecular formula is C24H38O6S3. The van der Waals surface area contributed by atoms with Gasteiger partial charge < -0.3 is 14.2 Å². The average molecular weight is 519 g/mol. The largest absolute Gasteiger partial charge is 0.461 e. The van der Waals surface area contributed by atoms with Crippen LogP contribution in [0.3, 0.4) is 0 Å². The van der Waals surface area contributed by atoms with E-state index in [1.807, 2.05) is 57.2 Å². The smallest absolute Gasteiger partial charge is 0.316 e. The van der Waals surface area contributed by atoms with Gasteiger partial charge in [-0.1, -0.05) is 57.2 Å². The lowest BCUT2D eigenvalue weighted by molar-refractivity contribution is -0.163. The number of allylic oxidation sites excluding steroid dienone is 3. The van der Waals surface area contributed by atoms with Crippen molar-refractivity contribution in [1.29, 1.82) is 0 Å². The maximum atomic E-state index is 12.1. The fourth-order valence-corrected chi connectivity index (χ4v) is 4.03. The van der Waals surface area contributed by atoms with Gasteiger partial charge in [-0.3, -0.25) is 14.4 Å². The second-order valence-corrected chi connectivity index (χ2v) is 9.75. The van der Waals surface area contributed by atoms with Crippen molar-refractivity contribution in [2.24, 2.45) is 0 Å². The van der Waals surface area contributed by atoms with Crippen molar-refractivity contribution in [1.82, 2.24) is 0 Å². The van der Waals surface area contributed by atoms with Gasteiger partial charge in [0.25, 0.3) is 0 Å². The van der Waals surface area contributed by atoms with Crippen molar-refractivity contribution in [3.8, 4) is 0 Å². The standard InChI is InChI=1S/C24H38O6S3/c1-4-7-10-13-31-18-22(25)28-16-21(30-24(27)20-33-15-12-9-6-3)17-29-23(26)19-32-14-11-8-5-2/h7-12,21H,4-6,13-20H2,1-3H3/b10-7-,11-8-,12-9-. The first kappa shape index (κ1) is 31.7. The van der Waals surface area contributed by atoms with Gasteiger partial charge in [-0.2, -0.15) is 0 Å². The number of rotatable bonds is 20. The molecule has 0 bridgehead atoms. The molecule has 0 N–H and O–H groups in total. The number of thioether (sulfide) groups is 3. The van der Waals surface area contributed by atoms with Crippen molar-refractivity contribution in [3.63, 3.8) is 0 Å². The fourth-order valence-electron chi connectivity index (χ4n) is 2.13. The molecule has 9 heteroatoms. The van der Waals surface area contributed by atoms with Crippen molar-refractivity contribution >= 4 is 53.2 Å². The summed E-state index contributed by atoms with van der Waals surface area (Å²) in [6.07, 6.45) is 14.2. The predicted octanol–water partition coefficient (Wildman–Crippen LogP) is 5.08. The lowest BCUT2D eigenvalue weighted by Crippen LogP contribution is -2.32. The first-order valence-corrected chi connectivity index (χ1v) is 14.7. The monoisotopic (exact) mass is 518 g/mol. The fraction of sp³-hybridized carbons (Fsp3) is 0.625. The van der Waals surface area contributed by atoms with Gasteiger partial charge in [-0.25, -0.2) is 0 Å². The highest BCUT2D eigenvalue weighted by Gasteiger charge is 2.19. The van der Waals surface area contributed by atoms with Crippen molar-refractivity contribution in [2.75, 3.05) is 47.7 Å². The Balaban J connectivity index is 4.49. The molecule has 0 radical (unpaired) electrons. The zero-order chi connectivity index (χ0) is 24.6. The normalized spacial score (nSPS) is 11.6. The SMILES string of the molecule is CC/C=C\CSCC(=O)OCC(COC(=O)CSC/C=C\CC)OC(=O)CSC/C=C\CC. The average Bonchev–Trinajstić information content (AvgIpc) is 2.80. The third-order valence-electron chi connectivity index (χ3n) is 3.67. The summed E-state index contributed by atoms with van der Waals surface area (Å²) in [4.78, 5) is 36.1. The summed E-state index contributed by atoms with van der Waals surface area (Å²) in [5.74, 6) is 1.54. The van der Waals surface area contributed by atoms with Gasteiger partial charge in [0.2, 0.25) is 0 Å². The zero-order valence-corrected chi connectivity index (χ0v) is 22.4. The Hall–Kier alpha value is -1.32. The number of hydrogen-bond acceptors (Lipinski definition) is 9. The van der Waals surface area contributed by atoms with E-state index in [9.17, 15) is 14.4 Å². The van der Waals surface area contributed by atoms with Gasteiger partial charge in [0.15, 0.2) is 6.10 Å². The van der Waals surface area contributed by atoms with Crippen LogP contribution in [0.15, 0.2) is 36.5 Å². The molecule has 0 aromatic carbocycles. The van der Waals surface area contributed by atoms with Crippen LogP contribution in [0.1, 0.15) is 40.0 Å². The van der Waals surface area contributed by atoms with Gasteiger partial charge in [0.1, 0.15) is 13.2 Å². The van der Waals surface area contributed by atoms with Crippen molar-refractivity contribution in [2.45, 2.75) is 46.1 Å². The summed E-state index contributed by atoms with van der Waals surface area (Å²) in [7, 11) is 0. The molecule has 0 aromatic heterocycles. The molecule has 0 rings (SSSR count). The first-order chi connectivity index (χ1) is 16.0. The van der Waals surface area contributed by atoms with E-state index in [1.54, 1.807) is 0 Å². The highest BCUT2D eigenvalue weighted by atomic mass is 32.2. The van der Waals surface area contributed by atoms with Gasteiger partial charge >= 0.3 is 17.9 Å². The van der Waals surface area contributed by atoms with Crippen LogP contribution < -0.4 is 0 Å². The lowest BCUT2D eigenvalue weighted by Gasteiger charge is -2.18. The van der Waals surface area contributed by atoms with E-state index in [0.29, 0.717) is 5.75 Å². The molecule has 0 aliphatic heterocycles. The molecule has 0 aliphatic rings. The molecule has 0 aromatic rings. The summed E-state index contributed by atoms with van der Waals surface area (Å²) >= 11 is 4.32. The Morgan fingerprint density at radius 1 is 0.606 bits per heavy atom. The molecule has 6 nitrogen and oxygen atoms in total. The highest BCUT2D eigenvalue weighted by molar-refractivity contribution is 8.00. The zero-order valence-electron chi connectivity index (χ0n) is 20.0. The van der Waals surface area contributed by atoms with Crippen LogP contribution in [0.4, 0.5) is 0 Å². The maximum absolute atomic E-state index is 12.1. The Morgan fingerprint density at radius 3 is 1.33 bits per heavy atom. The Bertz CT molecular complexity index is 583. The predicted molar refractivity (Wildman–Crippen MR) is 142 cm³/mol. The summed E-state index contributed by atoms with van der Waals surface area (Å²) < 4.78 is 15.9. The van der Waals surface area contributed by atoms with Gasteiger partial charge in [-0.05, 0) is 19.3 Å². The number of ether oxygens (including phenoxy) is 3. The molecule has 0 unspecified atom stereocenters. The molecule has 188 valence electrons. The Labute approximate surface area is 211 Å². The van der Waals surface area contributed by atoms with Gasteiger partial charge in [0, 0.05) is 17.3 Å². The van der Waals surface area contributed by atoms with Crippen LogP contribution in [0.25, 0.3) is 0 Å². The minimum atomic E-state index is -0.827. The van der Waals surface area contributed by atoms with Crippen LogP contribution in [-0.4, -0.2) is 71.7 Å². The minimum Gasteiger partial charge on any atom is -0.461 e. The third kappa shape index (κ3) is 22.2. The number of carbonyl (C=O) groups is 3. The van der Waals surface area contributed by atoms with E-state index >= 15 is 0 Å². The molecule has 0 amide bonds. The molecule has 0 spiro atoms. The molecule has 0 saturated heterocycles. The van der Waals surface area contributed by atoms with Crippen LogP contribution >= 0.6 is 35.3 Å². The molecule has 0 fully saturated rings. The van der Waals surface area contributed by atoms with E-state index in [4.69, 9.17) is 14.2 Å². The summed E-state index contributed by atoms with van der Waals surface area (Å²) in [6.45, 7) is 5.86. The minimum absolute atomic E-state index is 0.143. The van der Waals surface area contributed by atoms with E-state index in [1.165, 1.54) is 35.3 Å². The molecule has 0 heterocycles. The van der Waals surface area contributed by atoms with Crippen LogP contribution in [0, 0.1) is 0 Å². The Kier molecular flexibility index (Phi) is 22.9. The molecule has 0 saturated carbocycles. The number of hydrogen-bond donors (Lipinski definition) is 0. The van der Waals surface area contributed by atoms with E-state index in [0.717, 1.165) is 30.8 Å². The van der Waals surface area contributed by atoms with E-state index in [2.05, 4.69) is 0 Å². The topological polar surface area (TPSA) is 78.9 Å². The number of esters is 3. The van der Waals surface area contributed by atoms with Crippen molar-refractivity contribution in [3.05, 3.63) is 36.5 Å². The second-order valence-electron chi connectivity index (χ2n) is 6.66. The van der Waals surface area contributed by atoms with Crippen LogP contribution in [0.5, 0.6) is 0 Å². The van der Waals surface area contributed by atoms with Crippen molar-refractivity contribution < 1.29 is 28.6 Å². The molecule has 0 atom stereocenters. The summed E-state index contributed by atoms with van der Waals surface area (Å²) in [6, 6.07) is 0. The quantitative estimate of drug-likeness (QED) is 0.0948. The summed E-state index contributed by atoms with van der Waals surface area (Å²) in [5.41, 5.74) is 0. The highest BCUT2D eigenvalue weighted by Crippen LogP contribution is 2.08. The molecule has 33 heavy (non-hydrogen) atoms. The summed E-state index contributed by atoms with van der Waals surface area (Å²) in [5, 5.41) is 0. The van der Waals surface area contributed by atoms with Crippen LogP contribution in [0.2, 0.25) is 0 Å². The van der Waals surface area contributed by atoms with Gasteiger partial charge in [0.05, 0.1) is 17.3 Å². The molecule has 0 aliphatic carbocycles. The maximum Gasteiger partial charge on any atom is 0.316 e. The first-order valence-electron chi connectivity index (χ1n) is 11.2. The van der Waals surface area contributed by atoms with E-state index < -0.39 is 24.0 Å².